The van der Waals surface area contributed by atoms with Crippen LogP contribution in [0, 0.1) is 13.8 Å². The number of ether oxygens (including phenoxy) is 1. The van der Waals surface area contributed by atoms with E-state index in [0.717, 1.165) is 28.9 Å². The highest BCUT2D eigenvalue weighted by molar-refractivity contribution is 8.00. The second kappa shape index (κ2) is 9.26. The van der Waals surface area contributed by atoms with E-state index in [9.17, 15) is 9.59 Å². The van der Waals surface area contributed by atoms with Crippen LogP contribution in [0.1, 0.15) is 24.0 Å². The van der Waals surface area contributed by atoms with Gasteiger partial charge in [-0.25, -0.2) is 0 Å². The molecule has 0 unspecified atom stereocenters. The predicted molar refractivity (Wildman–Crippen MR) is 113 cm³/mol. The smallest absolute Gasteiger partial charge is 0.313 e. The fraction of sp³-hybridized carbons (Fsp3) is 0.364. The lowest BCUT2D eigenvalue weighted by Gasteiger charge is -2.36. The minimum atomic E-state index is -0.640. The normalized spacial score (nSPS) is 15.6. The largest absolute Gasteiger partial charge is 0.381 e. The van der Waals surface area contributed by atoms with Crippen LogP contribution in [0.2, 0.25) is 0 Å². The van der Waals surface area contributed by atoms with Crippen molar-refractivity contribution in [1.29, 1.82) is 0 Å². The Morgan fingerprint density at radius 2 is 1.75 bits per heavy atom. The van der Waals surface area contributed by atoms with E-state index >= 15 is 0 Å². The van der Waals surface area contributed by atoms with Crippen molar-refractivity contribution in [2.45, 2.75) is 36.3 Å². The Hall–Kier alpha value is -2.31. The van der Waals surface area contributed by atoms with Crippen molar-refractivity contribution >= 4 is 29.3 Å². The molecule has 0 atom stereocenters. The predicted octanol–water partition coefficient (Wildman–Crippen LogP) is 3.70. The average Bonchev–Trinajstić information content (AvgIpc) is 2.70. The van der Waals surface area contributed by atoms with Crippen molar-refractivity contribution < 1.29 is 14.3 Å². The van der Waals surface area contributed by atoms with Gasteiger partial charge in [-0.1, -0.05) is 35.9 Å². The molecule has 0 spiro atoms. The molecule has 2 aromatic rings. The summed E-state index contributed by atoms with van der Waals surface area (Å²) in [5.74, 6) is -1.25. The summed E-state index contributed by atoms with van der Waals surface area (Å²) in [6.07, 6.45) is 1.65. The van der Waals surface area contributed by atoms with E-state index in [2.05, 4.69) is 22.8 Å². The summed E-state index contributed by atoms with van der Waals surface area (Å²) in [7, 11) is 0. The Bertz CT molecular complexity index is 833. The maximum atomic E-state index is 12.4. The highest BCUT2D eigenvalue weighted by Gasteiger charge is 2.34. The van der Waals surface area contributed by atoms with Crippen molar-refractivity contribution in [3.05, 3.63) is 59.7 Å². The third kappa shape index (κ3) is 5.36. The van der Waals surface area contributed by atoms with E-state index in [-0.39, 0.29) is 4.75 Å². The Labute approximate surface area is 170 Å². The van der Waals surface area contributed by atoms with Gasteiger partial charge in [0.25, 0.3) is 0 Å². The number of anilines is 1. The highest BCUT2D eigenvalue weighted by atomic mass is 32.2. The molecule has 1 aliphatic heterocycles. The third-order valence-electron chi connectivity index (χ3n) is 4.89. The summed E-state index contributed by atoms with van der Waals surface area (Å²) in [6, 6.07) is 15.8. The maximum Gasteiger partial charge on any atom is 0.313 e. The lowest BCUT2D eigenvalue weighted by atomic mass is 9.99. The first-order valence-corrected chi connectivity index (χ1v) is 10.3. The Balaban J connectivity index is 1.62. The van der Waals surface area contributed by atoms with E-state index in [4.69, 9.17) is 4.74 Å². The van der Waals surface area contributed by atoms with Gasteiger partial charge in [0.1, 0.15) is 0 Å². The zero-order valence-corrected chi connectivity index (χ0v) is 17.1. The standard InChI is InChI=1S/C22H26N2O3S/c1-16-8-9-19(17(2)14-16)24-21(26)20(25)23-15-22(10-12-27-13-11-22)28-18-6-4-3-5-7-18/h3-9,14H,10-13,15H2,1-2H3,(H,23,25)(H,24,26). The molecule has 0 aromatic heterocycles. The third-order valence-corrected chi connectivity index (χ3v) is 6.38. The quantitative estimate of drug-likeness (QED) is 0.754. The van der Waals surface area contributed by atoms with Crippen molar-refractivity contribution in [2.24, 2.45) is 0 Å². The summed E-state index contributed by atoms with van der Waals surface area (Å²) in [4.78, 5) is 25.9. The first kappa shape index (κ1) is 20.4. The van der Waals surface area contributed by atoms with E-state index in [1.807, 2.05) is 50.2 Å². The van der Waals surface area contributed by atoms with E-state index in [1.54, 1.807) is 11.8 Å². The number of carbonyl (C=O) groups excluding carboxylic acids is 2. The van der Waals surface area contributed by atoms with Gasteiger partial charge in [-0.15, -0.1) is 11.8 Å². The van der Waals surface area contributed by atoms with Crippen molar-refractivity contribution in [1.82, 2.24) is 5.32 Å². The number of amides is 2. The molecule has 148 valence electrons. The van der Waals surface area contributed by atoms with Crippen LogP contribution in [0.15, 0.2) is 53.4 Å². The van der Waals surface area contributed by atoms with Gasteiger partial charge < -0.3 is 15.4 Å². The molecule has 2 aromatic carbocycles. The van der Waals surface area contributed by atoms with Crippen LogP contribution in [0.25, 0.3) is 0 Å². The summed E-state index contributed by atoms with van der Waals surface area (Å²) >= 11 is 1.75. The van der Waals surface area contributed by atoms with Crippen molar-refractivity contribution in [3.63, 3.8) is 0 Å². The first-order valence-electron chi connectivity index (χ1n) is 9.46. The van der Waals surface area contributed by atoms with Gasteiger partial charge in [0.2, 0.25) is 0 Å². The molecule has 1 saturated heterocycles. The van der Waals surface area contributed by atoms with Crippen LogP contribution in [0.3, 0.4) is 0 Å². The van der Waals surface area contributed by atoms with Crippen LogP contribution < -0.4 is 10.6 Å². The molecule has 0 bridgehead atoms. The summed E-state index contributed by atoms with van der Waals surface area (Å²) < 4.78 is 5.34. The summed E-state index contributed by atoms with van der Waals surface area (Å²) in [6.45, 7) is 5.64. The Kier molecular flexibility index (Phi) is 6.75. The number of thioether (sulfide) groups is 1. The van der Waals surface area contributed by atoms with Gasteiger partial charge in [0, 0.05) is 35.1 Å². The number of hydrogen-bond acceptors (Lipinski definition) is 4. The molecule has 6 heteroatoms. The Morgan fingerprint density at radius 3 is 2.43 bits per heavy atom. The first-order chi connectivity index (χ1) is 13.5. The molecule has 28 heavy (non-hydrogen) atoms. The molecule has 0 saturated carbocycles. The second-order valence-corrected chi connectivity index (χ2v) is 8.71. The number of nitrogens with one attached hydrogen (secondary N) is 2. The SMILES string of the molecule is Cc1ccc(NC(=O)C(=O)NCC2(Sc3ccccc3)CCOCC2)c(C)c1. The van der Waals surface area contributed by atoms with Crippen molar-refractivity contribution in [2.75, 3.05) is 25.1 Å². The topological polar surface area (TPSA) is 67.4 Å². The molecule has 0 aliphatic carbocycles. The lowest BCUT2D eigenvalue weighted by molar-refractivity contribution is -0.136. The van der Waals surface area contributed by atoms with Crippen LogP contribution in [-0.2, 0) is 14.3 Å². The fourth-order valence-corrected chi connectivity index (χ4v) is 4.56. The average molecular weight is 399 g/mol. The Morgan fingerprint density at radius 1 is 1.04 bits per heavy atom. The van der Waals surface area contributed by atoms with Crippen molar-refractivity contribution in [3.8, 4) is 0 Å². The number of benzene rings is 2. The molecule has 2 amide bonds. The number of hydrogen-bond donors (Lipinski definition) is 2. The summed E-state index contributed by atoms with van der Waals surface area (Å²) in [5.41, 5.74) is 2.70. The van der Waals surface area contributed by atoms with Gasteiger partial charge in [-0.2, -0.15) is 0 Å². The minimum Gasteiger partial charge on any atom is -0.381 e. The monoisotopic (exact) mass is 398 g/mol. The van der Waals surface area contributed by atoms with Gasteiger partial charge in [-0.3, -0.25) is 9.59 Å². The molecular weight excluding hydrogens is 372 g/mol. The fourth-order valence-electron chi connectivity index (χ4n) is 3.25. The number of aryl methyl sites for hydroxylation is 2. The van der Waals surface area contributed by atoms with E-state index < -0.39 is 11.8 Å². The second-order valence-electron chi connectivity index (χ2n) is 7.17. The van der Waals surface area contributed by atoms with E-state index in [1.165, 1.54) is 0 Å². The maximum absolute atomic E-state index is 12.4. The summed E-state index contributed by atoms with van der Waals surface area (Å²) in [5, 5.41) is 5.54. The zero-order valence-electron chi connectivity index (χ0n) is 16.3. The van der Waals surface area contributed by atoms with Crippen LogP contribution >= 0.6 is 11.8 Å². The van der Waals surface area contributed by atoms with Gasteiger partial charge >= 0.3 is 11.8 Å². The van der Waals surface area contributed by atoms with Gasteiger partial charge in [-0.05, 0) is 50.5 Å². The number of carbonyl (C=O) groups is 2. The molecule has 1 aliphatic rings. The van der Waals surface area contributed by atoms with Crippen LogP contribution in [-0.4, -0.2) is 36.3 Å². The van der Waals surface area contributed by atoms with E-state index in [0.29, 0.717) is 25.4 Å². The molecule has 5 nitrogen and oxygen atoms in total. The number of rotatable bonds is 5. The van der Waals surface area contributed by atoms with Gasteiger partial charge in [0.05, 0.1) is 0 Å². The molecule has 0 radical (unpaired) electrons. The van der Waals surface area contributed by atoms with Crippen LogP contribution in [0.4, 0.5) is 5.69 Å². The highest BCUT2D eigenvalue weighted by Crippen LogP contribution is 2.40. The van der Waals surface area contributed by atoms with Gasteiger partial charge in [0.15, 0.2) is 0 Å². The minimum absolute atomic E-state index is 0.171. The lowest BCUT2D eigenvalue weighted by Crippen LogP contribution is -2.47. The molecule has 3 rings (SSSR count). The molecule has 1 fully saturated rings. The zero-order chi connectivity index (χ0) is 20.0. The van der Waals surface area contributed by atoms with Crippen LogP contribution in [0.5, 0.6) is 0 Å². The molecular formula is C22H26N2O3S. The molecule has 2 N–H and O–H groups in total. The molecule has 1 heterocycles.